The quantitative estimate of drug-likeness (QED) is 0.936. The van der Waals surface area contributed by atoms with E-state index in [0.717, 1.165) is 22.6 Å². The molecule has 0 spiro atoms. The third-order valence-corrected chi connectivity index (χ3v) is 3.48. The van der Waals surface area contributed by atoms with Crippen molar-refractivity contribution in [2.24, 2.45) is 0 Å². The molecule has 0 aliphatic carbocycles. The molecule has 0 fully saturated rings. The predicted octanol–water partition coefficient (Wildman–Crippen LogP) is 3.69. The van der Waals surface area contributed by atoms with Crippen LogP contribution >= 0.6 is 11.6 Å². The summed E-state index contributed by atoms with van der Waals surface area (Å²) in [5.74, 6) is 1.33. The molecule has 2 aromatic rings. The standard InChI is InChI=1S/C15H15ClN2O2/c1-9-3-4-13(10(2)18-9)17-7-11-5-12(16)15-14(6-11)19-8-20-15/h3-6,17H,7-8H2,1-2H3. The van der Waals surface area contributed by atoms with E-state index in [0.29, 0.717) is 23.1 Å². The van der Waals surface area contributed by atoms with Crippen LogP contribution in [-0.2, 0) is 6.54 Å². The van der Waals surface area contributed by atoms with Gasteiger partial charge in [0.15, 0.2) is 11.5 Å². The molecule has 2 heterocycles. The highest BCUT2D eigenvalue weighted by Crippen LogP contribution is 2.39. The second kappa shape index (κ2) is 5.21. The Labute approximate surface area is 122 Å². The highest BCUT2D eigenvalue weighted by molar-refractivity contribution is 6.32. The van der Waals surface area contributed by atoms with E-state index in [9.17, 15) is 0 Å². The largest absolute Gasteiger partial charge is 0.454 e. The topological polar surface area (TPSA) is 43.4 Å². The van der Waals surface area contributed by atoms with Crippen LogP contribution in [-0.4, -0.2) is 11.8 Å². The zero-order valence-electron chi connectivity index (χ0n) is 11.4. The zero-order chi connectivity index (χ0) is 14.1. The van der Waals surface area contributed by atoms with Crippen molar-refractivity contribution < 1.29 is 9.47 Å². The highest BCUT2D eigenvalue weighted by atomic mass is 35.5. The lowest BCUT2D eigenvalue weighted by atomic mass is 10.2. The van der Waals surface area contributed by atoms with E-state index >= 15 is 0 Å². The monoisotopic (exact) mass is 290 g/mol. The number of benzene rings is 1. The highest BCUT2D eigenvalue weighted by Gasteiger charge is 2.18. The average Bonchev–Trinajstić information content (AvgIpc) is 2.86. The second-order valence-corrected chi connectivity index (χ2v) is 5.16. The van der Waals surface area contributed by atoms with Crippen LogP contribution < -0.4 is 14.8 Å². The number of aromatic nitrogens is 1. The summed E-state index contributed by atoms with van der Waals surface area (Å²) in [6, 6.07) is 7.85. The maximum Gasteiger partial charge on any atom is 0.231 e. The first-order chi connectivity index (χ1) is 9.63. The zero-order valence-corrected chi connectivity index (χ0v) is 12.1. The molecule has 0 saturated carbocycles. The van der Waals surface area contributed by atoms with Crippen LogP contribution in [0.4, 0.5) is 5.69 Å². The van der Waals surface area contributed by atoms with Crippen LogP contribution in [0.15, 0.2) is 24.3 Å². The Kier molecular flexibility index (Phi) is 3.40. The predicted molar refractivity (Wildman–Crippen MR) is 78.6 cm³/mol. The molecule has 0 atom stereocenters. The molecule has 0 unspecified atom stereocenters. The summed E-state index contributed by atoms with van der Waals surface area (Å²) in [6.45, 7) is 4.85. The van der Waals surface area contributed by atoms with Crippen molar-refractivity contribution in [2.45, 2.75) is 20.4 Å². The van der Waals surface area contributed by atoms with Gasteiger partial charge in [0.1, 0.15) is 0 Å². The van der Waals surface area contributed by atoms with Gasteiger partial charge in [0.2, 0.25) is 6.79 Å². The van der Waals surface area contributed by atoms with Gasteiger partial charge in [-0.3, -0.25) is 4.98 Å². The smallest absolute Gasteiger partial charge is 0.231 e. The van der Waals surface area contributed by atoms with E-state index in [1.54, 1.807) is 0 Å². The summed E-state index contributed by atoms with van der Waals surface area (Å²) in [4.78, 5) is 4.43. The SMILES string of the molecule is Cc1ccc(NCc2cc(Cl)c3c(c2)OCO3)c(C)n1. The molecule has 104 valence electrons. The number of fused-ring (bicyclic) bond motifs is 1. The summed E-state index contributed by atoms with van der Waals surface area (Å²) in [6.07, 6.45) is 0. The molecule has 3 rings (SSSR count). The van der Waals surface area contributed by atoms with Gasteiger partial charge in [-0.05, 0) is 43.7 Å². The molecular weight excluding hydrogens is 276 g/mol. The van der Waals surface area contributed by atoms with E-state index < -0.39 is 0 Å². The van der Waals surface area contributed by atoms with Crippen molar-refractivity contribution in [1.29, 1.82) is 0 Å². The van der Waals surface area contributed by atoms with E-state index in [1.807, 2.05) is 38.1 Å². The Morgan fingerprint density at radius 1 is 1.25 bits per heavy atom. The Hall–Kier alpha value is -1.94. The number of nitrogens with zero attached hydrogens (tertiary/aromatic N) is 1. The summed E-state index contributed by atoms with van der Waals surface area (Å²) < 4.78 is 10.7. The summed E-state index contributed by atoms with van der Waals surface area (Å²) in [5, 5.41) is 3.94. The Bertz CT molecular complexity index is 659. The van der Waals surface area contributed by atoms with Crippen LogP contribution in [0.3, 0.4) is 0 Å². The number of hydrogen-bond acceptors (Lipinski definition) is 4. The lowest BCUT2D eigenvalue weighted by Gasteiger charge is -2.10. The minimum atomic E-state index is 0.229. The van der Waals surface area contributed by atoms with Crippen molar-refractivity contribution in [3.8, 4) is 11.5 Å². The molecule has 20 heavy (non-hydrogen) atoms. The van der Waals surface area contributed by atoms with Crippen LogP contribution in [0.2, 0.25) is 5.02 Å². The van der Waals surface area contributed by atoms with Crippen molar-refractivity contribution in [3.05, 3.63) is 46.2 Å². The number of halogens is 1. The van der Waals surface area contributed by atoms with E-state index in [4.69, 9.17) is 21.1 Å². The lowest BCUT2D eigenvalue weighted by Crippen LogP contribution is -2.02. The van der Waals surface area contributed by atoms with Crippen LogP contribution in [0.25, 0.3) is 0 Å². The molecule has 0 radical (unpaired) electrons. The number of ether oxygens (including phenoxy) is 2. The average molecular weight is 291 g/mol. The fourth-order valence-electron chi connectivity index (χ4n) is 2.19. The van der Waals surface area contributed by atoms with Crippen molar-refractivity contribution in [1.82, 2.24) is 4.98 Å². The first-order valence-corrected chi connectivity index (χ1v) is 6.77. The van der Waals surface area contributed by atoms with Gasteiger partial charge in [-0.25, -0.2) is 0 Å². The molecule has 1 aromatic carbocycles. The van der Waals surface area contributed by atoms with E-state index in [1.165, 1.54) is 0 Å². The molecule has 0 bridgehead atoms. The number of hydrogen-bond donors (Lipinski definition) is 1. The molecule has 1 N–H and O–H groups in total. The summed E-state index contributed by atoms with van der Waals surface area (Å²) in [7, 11) is 0. The van der Waals surface area contributed by atoms with E-state index in [-0.39, 0.29) is 6.79 Å². The second-order valence-electron chi connectivity index (χ2n) is 4.75. The minimum Gasteiger partial charge on any atom is -0.454 e. The molecule has 1 aliphatic heterocycles. The Morgan fingerprint density at radius 3 is 2.90 bits per heavy atom. The van der Waals surface area contributed by atoms with E-state index in [2.05, 4.69) is 10.3 Å². The first-order valence-electron chi connectivity index (χ1n) is 6.39. The normalized spacial score (nSPS) is 12.6. The van der Waals surface area contributed by atoms with Crippen molar-refractivity contribution in [3.63, 3.8) is 0 Å². The fraction of sp³-hybridized carbons (Fsp3) is 0.267. The van der Waals surface area contributed by atoms with Gasteiger partial charge in [0.05, 0.1) is 16.4 Å². The third kappa shape index (κ3) is 2.51. The molecule has 5 heteroatoms. The molecule has 0 saturated heterocycles. The number of pyridine rings is 1. The van der Waals surface area contributed by atoms with Crippen molar-refractivity contribution >= 4 is 17.3 Å². The van der Waals surface area contributed by atoms with Crippen LogP contribution in [0.1, 0.15) is 17.0 Å². The molecule has 1 aliphatic rings. The van der Waals surface area contributed by atoms with Gasteiger partial charge in [-0.2, -0.15) is 0 Å². The van der Waals surface area contributed by atoms with Gasteiger partial charge in [-0.15, -0.1) is 0 Å². The lowest BCUT2D eigenvalue weighted by molar-refractivity contribution is 0.174. The Morgan fingerprint density at radius 2 is 2.10 bits per heavy atom. The Balaban J connectivity index is 1.77. The van der Waals surface area contributed by atoms with Gasteiger partial charge in [0, 0.05) is 12.2 Å². The van der Waals surface area contributed by atoms with Crippen LogP contribution in [0, 0.1) is 13.8 Å². The number of rotatable bonds is 3. The van der Waals surface area contributed by atoms with Crippen LogP contribution in [0.5, 0.6) is 11.5 Å². The number of anilines is 1. The minimum absolute atomic E-state index is 0.229. The van der Waals surface area contributed by atoms with Gasteiger partial charge in [0.25, 0.3) is 0 Å². The van der Waals surface area contributed by atoms with Gasteiger partial charge in [-0.1, -0.05) is 11.6 Å². The maximum absolute atomic E-state index is 6.16. The maximum atomic E-state index is 6.16. The summed E-state index contributed by atoms with van der Waals surface area (Å²) >= 11 is 6.16. The van der Waals surface area contributed by atoms with Gasteiger partial charge < -0.3 is 14.8 Å². The summed E-state index contributed by atoms with van der Waals surface area (Å²) in [5.41, 5.74) is 4.06. The fourth-order valence-corrected chi connectivity index (χ4v) is 2.48. The number of aryl methyl sites for hydroxylation is 2. The molecule has 1 aromatic heterocycles. The molecule has 0 amide bonds. The first kappa shape index (κ1) is 13.1. The molecule has 4 nitrogen and oxygen atoms in total. The number of nitrogens with one attached hydrogen (secondary N) is 1. The van der Waals surface area contributed by atoms with Crippen molar-refractivity contribution in [2.75, 3.05) is 12.1 Å². The van der Waals surface area contributed by atoms with Gasteiger partial charge >= 0.3 is 0 Å². The third-order valence-electron chi connectivity index (χ3n) is 3.20. The molecular formula is C15H15ClN2O2.